The van der Waals surface area contributed by atoms with Gasteiger partial charge in [-0.1, -0.05) is 44.2 Å². The molecule has 0 unspecified atom stereocenters. The van der Waals surface area contributed by atoms with Gasteiger partial charge in [0.25, 0.3) is 0 Å². The van der Waals surface area contributed by atoms with Gasteiger partial charge >= 0.3 is 5.97 Å². The standard InChI is InChI=1S/C15H18N2O2S/c1-10(2)12-8-16-13(20-12)9-17-14(15(18)19)11-6-4-3-5-7-11/h3-8,10,14,17H,9H2,1-2H3,(H,18,19)/t14-/m1/s1. The maximum absolute atomic E-state index is 11.4. The molecule has 0 saturated carbocycles. The molecule has 1 atom stereocenters. The Hall–Kier alpha value is -1.72. The third-order valence-electron chi connectivity index (χ3n) is 2.98. The van der Waals surface area contributed by atoms with Crippen LogP contribution in [0.15, 0.2) is 36.5 Å². The maximum atomic E-state index is 11.4. The highest BCUT2D eigenvalue weighted by molar-refractivity contribution is 7.11. The van der Waals surface area contributed by atoms with E-state index in [2.05, 4.69) is 24.1 Å². The van der Waals surface area contributed by atoms with Crippen LogP contribution in [0.3, 0.4) is 0 Å². The van der Waals surface area contributed by atoms with Crippen molar-refractivity contribution < 1.29 is 9.90 Å². The molecule has 4 nitrogen and oxygen atoms in total. The second-order valence-electron chi connectivity index (χ2n) is 4.87. The van der Waals surface area contributed by atoms with Gasteiger partial charge in [0.15, 0.2) is 0 Å². The zero-order chi connectivity index (χ0) is 14.5. The second-order valence-corrected chi connectivity index (χ2v) is 6.02. The quantitative estimate of drug-likeness (QED) is 0.857. The van der Waals surface area contributed by atoms with E-state index >= 15 is 0 Å². The molecule has 2 aromatic rings. The molecule has 0 aliphatic carbocycles. The van der Waals surface area contributed by atoms with E-state index in [1.54, 1.807) is 11.3 Å². The number of thiazole rings is 1. The number of aliphatic carboxylic acids is 1. The van der Waals surface area contributed by atoms with Gasteiger partial charge in [-0.25, -0.2) is 4.98 Å². The largest absolute Gasteiger partial charge is 0.480 e. The van der Waals surface area contributed by atoms with Crippen LogP contribution in [0, 0.1) is 0 Å². The zero-order valence-electron chi connectivity index (χ0n) is 11.5. The summed E-state index contributed by atoms with van der Waals surface area (Å²) in [6, 6.07) is 8.47. The van der Waals surface area contributed by atoms with Gasteiger partial charge in [0, 0.05) is 17.6 Å². The number of benzene rings is 1. The van der Waals surface area contributed by atoms with Crippen LogP contribution in [-0.4, -0.2) is 16.1 Å². The smallest absolute Gasteiger partial charge is 0.325 e. The van der Waals surface area contributed by atoms with Gasteiger partial charge in [0.2, 0.25) is 0 Å². The van der Waals surface area contributed by atoms with Gasteiger partial charge in [-0.3, -0.25) is 10.1 Å². The molecule has 0 aliphatic heterocycles. The lowest BCUT2D eigenvalue weighted by Crippen LogP contribution is -2.27. The molecule has 106 valence electrons. The molecule has 0 saturated heterocycles. The van der Waals surface area contributed by atoms with E-state index in [4.69, 9.17) is 0 Å². The van der Waals surface area contributed by atoms with E-state index in [0.29, 0.717) is 12.5 Å². The summed E-state index contributed by atoms with van der Waals surface area (Å²) < 4.78 is 0. The van der Waals surface area contributed by atoms with Crippen LogP contribution in [-0.2, 0) is 11.3 Å². The Bertz CT molecular complexity index is 566. The fourth-order valence-electron chi connectivity index (χ4n) is 1.86. The number of aromatic nitrogens is 1. The monoisotopic (exact) mass is 290 g/mol. The number of carboxylic acid groups (broad SMARTS) is 1. The van der Waals surface area contributed by atoms with E-state index in [1.807, 2.05) is 36.5 Å². The number of carbonyl (C=O) groups is 1. The number of carboxylic acids is 1. The molecule has 0 spiro atoms. The summed E-state index contributed by atoms with van der Waals surface area (Å²) in [6.07, 6.45) is 1.87. The van der Waals surface area contributed by atoms with Crippen molar-refractivity contribution in [1.29, 1.82) is 0 Å². The summed E-state index contributed by atoms with van der Waals surface area (Å²) in [5.74, 6) is -0.428. The molecule has 1 aromatic heterocycles. The van der Waals surface area contributed by atoms with Crippen molar-refractivity contribution in [3.05, 3.63) is 52.0 Å². The Kier molecular flexibility index (Phi) is 4.87. The normalized spacial score (nSPS) is 12.6. The Morgan fingerprint density at radius 3 is 2.60 bits per heavy atom. The SMILES string of the molecule is CC(C)c1cnc(CN[C@@H](C(=O)O)c2ccccc2)s1. The summed E-state index contributed by atoms with van der Waals surface area (Å²) >= 11 is 1.62. The molecule has 0 bridgehead atoms. The lowest BCUT2D eigenvalue weighted by molar-refractivity contribution is -0.139. The molecule has 0 radical (unpaired) electrons. The number of nitrogens with one attached hydrogen (secondary N) is 1. The van der Waals surface area contributed by atoms with E-state index < -0.39 is 12.0 Å². The van der Waals surface area contributed by atoms with Crippen LogP contribution < -0.4 is 5.32 Å². The molecule has 5 heteroatoms. The number of hydrogen-bond donors (Lipinski definition) is 2. The number of nitrogens with zero attached hydrogens (tertiary/aromatic N) is 1. The van der Waals surface area contributed by atoms with E-state index in [0.717, 1.165) is 10.6 Å². The van der Waals surface area contributed by atoms with Gasteiger partial charge in [0.1, 0.15) is 11.0 Å². The Morgan fingerprint density at radius 1 is 1.35 bits per heavy atom. The van der Waals surface area contributed by atoms with Crippen molar-refractivity contribution >= 4 is 17.3 Å². The second kappa shape index (κ2) is 6.63. The number of hydrogen-bond acceptors (Lipinski definition) is 4. The molecule has 0 aliphatic rings. The van der Waals surface area contributed by atoms with Crippen LogP contribution in [0.5, 0.6) is 0 Å². The van der Waals surface area contributed by atoms with E-state index in [-0.39, 0.29) is 0 Å². The first kappa shape index (κ1) is 14.7. The zero-order valence-corrected chi connectivity index (χ0v) is 12.4. The minimum absolute atomic E-state index is 0.450. The first-order valence-corrected chi connectivity index (χ1v) is 7.35. The molecule has 0 fully saturated rings. The minimum atomic E-state index is -0.878. The highest BCUT2D eigenvalue weighted by Gasteiger charge is 2.19. The third kappa shape index (κ3) is 3.65. The Labute approximate surface area is 122 Å². The predicted molar refractivity (Wildman–Crippen MR) is 79.9 cm³/mol. The van der Waals surface area contributed by atoms with Crippen molar-refractivity contribution in [2.45, 2.75) is 32.4 Å². The number of rotatable bonds is 6. The highest BCUT2D eigenvalue weighted by Crippen LogP contribution is 2.22. The molecule has 2 N–H and O–H groups in total. The van der Waals surface area contributed by atoms with Crippen molar-refractivity contribution in [3.8, 4) is 0 Å². The molecule has 20 heavy (non-hydrogen) atoms. The van der Waals surface area contributed by atoms with E-state index in [9.17, 15) is 9.90 Å². The van der Waals surface area contributed by atoms with Crippen LogP contribution >= 0.6 is 11.3 Å². The predicted octanol–water partition coefficient (Wildman–Crippen LogP) is 3.18. The van der Waals surface area contributed by atoms with Gasteiger partial charge in [-0.05, 0) is 11.5 Å². The van der Waals surface area contributed by atoms with Gasteiger partial charge < -0.3 is 5.11 Å². The average Bonchev–Trinajstić information content (AvgIpc) is 2.89. The molecule has 1 heterocycles. The first-order valence-electron chi connectivity index (χ1n) is 6.53. The van der Waals surface area contributed by atoms with Crippen LogP contribution in [0.4, 0.5) is 0 Å². The van der Waals surface area contributed by atoms with Crippen LogP contribution in [0.2, 0.25) is 0 Å². The van der Waals surface area contributed by atoms with Crippen molar-refractivity contribution in [2.75, 3.05) is 0 Å². The molecular weight excluding hydrogens is 272 g/mol. The first-order chi connectivity index (χ1) is 9.58. The minimum Gasteiger partial charge on any atom is -0.480 e. The fraction of sp³-hybridized carbons (Fsp3) is 0.333. The van der Waals surface area contributed by atoms with Crippen molar-refractivity contribution in [2.24, 2.45) is 0 Å². The van der Waals surface area contributed by atoms with Crippen LogP contribution in [0.1, 0.15) is 41.3 Å². The van der Waals surface area contributed by atoms with Gasteiger partial charge in [-0.15, -0.1) is 11.3 Å². The topological polar surface area (TPSA) is 62.2 Å². The van der Waals surface area contributed by atoms with Crippen molar-refractivity contribution in [1.82, 2.24) is 10.3 Å². The van der Waals surface area contributed by atoms with Gasteiger partial charge in [-0.2, -0.15) is 0 Å². The summed E-state index contributed by atoms with van der Waals surface area (Å²) in [7, 11) is 0. The third-order valence-corrected chi connectivity index (χ3v) is 4.28. The molecule has 2 rings (SSSR count). The lowest BCUT2D eigenvalue weighted by Gasteiger charge is -2.13. The molecule has 0 amide bonds. The Balaban J connectivity index is 2.04. The summed E-state index contributed by atoms with van der Waals surface area (Å²) in [4.78, 5) is 16.9. The lowest BCUT2D eigenvalue weighted by atomic mass is 10.1. The summed E-state index contributed by atoms with van der Waals surface area (Å²) in [5, 5.41) is 13.3. The maximum Gasteiger partial charge on any atom is 0.325 e. The Morgan fingerprint density at radius 2 is 2.05 bits per heavy atom. The average molecular weight is 290 g/mol. The molecule has 1 aromatic carbocycles. The van der Waals surface area contributed by atoms with E-state index in [1.165, 1.54) is 4.88 Å². The summed E-state index contributed by atoms with van der Waals surface area (Å²) in [5.41, 5.74) is 0.751. The fourth-order valence-corrected chi connectivity index (χ4v) is 2.73. The highest BCUT2D eigenvalue weighted by atomic mass is 32.1. The van der Waals surface area contributed by atoms with Gasteiger partial charge in [0.05, 0.1) is 0 Å². The molecular formula is C15H18N2O2S. The van der Waals surface area contributed by atoms with Crippen LogP contribution in [0.25, 0.3) is 0 Å². The van der Waals surface area contributed by atoms with Crippen molar-refractivity contribution in [3.63, 3.8) is 0 Å². The summed E-state index contributed by atoms with van der Waals surface area (Å²) in [6.45, 7) is 4.70.